The van der Waals surface area contributed by atoms with Crippen molar-refractivity contribution in [3.63, 3.8) is 0 Å². The van der Waals surface area contributed by atoms with Crippen LogP contribution in [0.1, 0.15) is 19.4 Å². The monoisotopic (exact) mass is 583 g/mol. The second kappa shape index (κ2) is 16.8. The van der Waals surface area contributed by atoms with Gasteiger partial charge in [0.1, 0.15) is 18.1 Å². The quantitative estimate of drug-likeness (QED) is 0.134. The molecule has 0 aliphatic heterocycles. The lowest BCUT2D eigenvalue weighted by Crippen LogP contribution is -2.53. The number of azo groups is 1. The maximum atomic E-state index is 12.2. The van der Waals surface area contributed by atoms with Crippen LogP contribution in [0.15, 0.2) is 64.8 Å². The fraction of sp³-hybridized carbons (Fsp3) is 0.333. The standard InChI is InChI=1S/C27H33N7O8/c1-16(25(39)29-14-24(38)31-17(2)26(40)32-21(15-35)27(41)42)30-23(37)13-28-22(36)12-18-8-10-20(11-9-18)34-33-19-6-4-3-5-7-19/h3-11,16-17,21,35H,12-15H2,1-2H3,(H,28,36)(H,29,39)(H,30,37)(H,31,38)(H,32,40)(H,41,42)/t16-,17-,21-/m0/s1. The van der Waals surface area contributed by atoms with Gasteiger partial charge in [-0.1, -0.05) is 30.3 Å². The van der Waals surface area contributed by atoms with Gasteiger partial charge in [0, 0.05) is 0 Å². The number of nitrogens with one attached hydrogen (secondary N) is 5. The molecule has 0 aliphatic carbocycles. The summed E-state index contributed by atoms with van der Waals surface area (Å²) in [5.74, 6) is -4.78. The molecule has 2 aromatic carbocycles. The topological polar surface area (TPSA) is 228 Å². The molecule has 0 saturated carbocycles. The summed E-state index contributed by atoms with van der Waals surface area (Å²) in [6, 6.07) is 12.4. The van der Waals surface area contributed by atoms with Crippen LogP contribution in [0, 0.1) is 0 Å². The number of hydrogen-bond acceptors (Lipinski definition) is 9. The van der Waals surface area contributed by atoms with E-state index in [1.165, 1.54) is 13.8 Å². The second-order valence-corrected chi connectivity index (χ2v) is 9.03. The summed E-state index contributed by atoms with van der Waals surface area (Å²) < 4.78 is 0. The van der Waals surface area contributed by atoms with Crippen molar-refractivity contribution >= 4 is 46.9 Å². The van der Waals surface area contributed by atoms with Crippen LogP contribution in [-0.4, -0.2) is 83.5 Å². The molecule has 0 aliphatic rings. The molecule has 15 nitrogen and oxygen atoms in total. The highest BCUT2D eigenvalue weighted by atomic mass is 16.4. The highest BCUT2D eigenvalue weighted by Gasteiger charge is 2.23. The predicted molar refractivity (Wildman–Crippen MR) is 149 cm³/mol. The Morgan fingerprint density at radius 3 is 1.76 bits per heavy atom. The van der Waals surface area contributed by atoms with E-state index >= 15 is 0 Å². The number of aliphatic hydroxyl groups is 1. The lowest BCUT2D eigenvalue weighted by Gasteiger charge is -2.18. The smallest absolute Gasteiger partial charge is 0.328 e. The number of rotatable bonds is 15. The van der Waals surface area contributed by atoms with Crippen molar-refractivity contribution in [1.29, 1.82) is 0 Å². The SMILES string of the molecule is C[C@H](NC(=O)CNC(=O)Cc1ccc(N=Nc2ccccc2)cc1)C(=O)NCC(=O)N[C@@H](C)C(=O)N[C@@H](CO)C(=O)O. The first-order valence-electron chi connectivity index (χ1n) is 12.8. The number of carbonyl (C=O) groups excluding carboxylic acids is 5. The van der Waals surface area contributed by atoms with Crippen LogP contribution < -0.4 is 26.6 Å². The molecule has 0 saturated heterocycles. The summed E-state index contributed by atoms with van der Waals surface area (Å²) in [6.45, 7) is 0.931. The number of hydrogen-bond donors (Lipinski definition) is 7. The van der Waals surface area contributed by atoms with Gasteiger partial charge in [-0.05, 0) is 43.7 Å². The molecule has 3 atom stereocenters. The number of carbonyl (C=O) groups is 6. The number of aliphatic hydroxyl groups excluding tert-OH is 1. The number of amides is 5. The highest BCUT2D eigenvalue weighted by molar-refractivity contribution is 5.93. The van der Waals surface area contributed by atoms with E-state index in [0.29, 0.717) is 16.9 Å². The van der Waals surface area contributed by atoms with Gasteiger partial charge in [-0.15, -0.1) is 0 Å². The summed E-state index contributed by atoms with van der Waals surface area (Å²) in [5, 5.41) is 37.5. The molecular formula is C27H33N7O8. The number of carboxylic acid groups (broad SMARTS) is 1. The summed E-state index contributed by atoms with van der Waals surface area (Å²) in [4.78, 5) is 71.4. The van der Waals surface area contributed by atoms with E-state index in [9.17, 15) is 28.8 Å². The van der Waals surface area contributed by atoms with Gasteiger partial charge in [0.05, 0.1) is 37.5 Å². The molecule has 2 aromatic rings. The van der Waals surface area contributed by atoms with Gasteiger partial charge in [-0.2, -0.15) is 10.2 Å². The van der Waals surface area contributed by atoms with E-state index in [1.807, 2.05) is 35.6 Å². The van der Waals surface area contributed by atoms with E-state index < -0.39 is 66.8 Å². The first-order valence-corrected chi connectivity index (χ1v) is 12.8. The van der Waals surface area contributed by atoms with Gasteiger partial charge < -0.3 is 36.8 Å². The molecule has 0 fully saturated rings. The fourth-order valence-corrected chi connectivity index (χ4v) is 3.24. The summed E-state index contributed by atoms with van der Waals surface area (Å²) in [5.41, 5.74) is 2.01. The van der Waals surface area contributed by atoms with Gasteiger partial charge >= 0.3 is 5.97 Å². The molecule has 0 unspecified atom stereocenters. The van der Waals surface area contributed by atoms with Crippen molar-refractivity contribution < 1.29 is 39.0 Å². The van der Waals surface area contributed by atoms with Crippen molar-refractivity contribution in [2.45, 2.75) is 38.4 Å². The Bertz CT molecular complexity index is 1290. The number of benzene rings is 2. The van der Waals surface area contributed by atoms with Crippen LogP contribution in [0.2, 0.25) is 0 Å². The first kappa shape index (κ1) is 33.0. The zero-order valence-electron chi connectivity index (χ0n) is 23.0. The summed E-state index contributed by atoms with van der Waals surface area (Å²) >= 11 is 0. The Morgan fingerprint density at radius 1 is 0.690 bits per heavy atom. The third-order valence-electron chi connectivity index (χ3n) is 5.55. The van der Waals surface area contributed by atoms with Crippen molar-refractivity contribution in [3.05, 3.63) is 60.2 Å². The maximum Gasteiger partial charge on any atom is 0.328 e. The average molecular weight is 584 g/mol. The Labute approximate surface area is 241 Å². The normalized spacial score (nSPS) is 12.8. The largest absolute Gasteiger partial charge is 0.480 e. The van der Waals surface area contributed by atoms with Crippen molar-refractivity contribution in [2.75, 3.05) is 19.7 Å². The zero-order valence-corrected chi connectivity index (χ0v) is 23.0. The van der Waals surface area contributed by atoms with Crippen LogP contribution in [0.25, 0.3) is 0 Å². The molecule has 42 heavy (non-hydrogen) atoms. The van der Waals surface area contributed by atoms with Gasteiger partial charge in [-0.25, -0.2) is 4.79 Å². The zero-order chi connectivity index (χ0) is 31.1. The minimum absolute atomic E-state index is 0.0158. The van der Waals surface area contributed by atoms with Gasteiger partial charge in [0.2, 0.25) is 29.5 Å². The highest BCUT2D eigenvalue weighted by Crippen LogP contribution is 2.18. The van der Waals surface area contributed by atoms with E-state index in [4.69, 9.17) is 10.2 Å². The first-order chi connectivity index (χ1) is 20.0. The molecule has 5 amide bonds. The lowest BCUT2D eigenvalue weighted by molar-refractivity contribution is -0.143. The molecule has 0 radical (unpaired) electrons. The van der Waals surface area contributed by atoms with Crippen LogP contribution >= 0.6 is 0 Å². The van der Waals surface area contributed by atoms with Crippen molar-refractivity contribution in [2.24, 2.45) is 10.2 Å². The molecule has 0 spiro atoms. The van der Waals surface area contributed by atoms with E-state index in [-0.39, 0.29) is 13.0 Å². The molecule has 15 heteroatoms. The second-order valence-electron chi connectivity index (χ2n) is 9.03. The van der Waals surface area contributed by atoms with E-state index in [2.05, 4.69) is 31.5 Å². The van der Waals surface area contributed by atoms with Crippen LogP contribution in [-0.2, 0) is 35.2 Å². The molecule has 7 N–H and O–H groups in total. The van der Waals surface area contributed by atoms with Crippen LogP contribution in [0.3, 0.4) is 0 Å². The van der Waals surface area contributed by atoms with E-state index in [0.717, 1.165) is 0 Å². The van der Waals surface area contributed by atoms with Crippen LogP contribution in [0.4, 0.5) is 11.4 Å². The predicted octanol–water partition coefficient (Wildman–Crippen LogP) is -0.552. The lowest BCUT2D eigenvalue weighted by atomic mass is 10.1. The molecule has 0 aromatic heterocycles. The summed E-state index contributed by atoms with van der Waals surface area (Å²) in [6.07, 6.45) is 0.0158. The third kappa shape index (κ3) is 11.9. The average Bonchev–Trinajstić information content (AvgIpc) is 2.97. The van der Waals surface area contributed by atoms with Crippen molar-refractivity contribution in [3.8, 4) is 0 Å². The van der Waals surface area contributed by atoms with Gasteiger partial charge in [0.15, 0.2) is 0 Å². The van der Waals surface area contributed by atoms with Gasteiger partial charge in [0.25, 0.3) is 0 Å². The molecule has 0 bridgehead atoms. The Morgan fingerprint density at radius 2 is 1.21 bits per heavy atom. The Balaban J connectivity index is 1.68. The molecule has 0 heterocycles. The Kier molecular flexibility index (Phi) is 13.2. The Hall–Kier alpha value is -5.18. The molecular weight excluding hydrogens is 550 g/mol. The minimum atomic E-state index is -1.53. The maximum absolute atomic E-state index is 12.2. The third-order valence-corrected chi connectivity index (χ3v) is 5.55. The fourth-order valence-electron chi connectivity index (χ4n) is 3.24. The minimum Gasteiger partial charge on any atom is -0.480 e. The molecule has 224 valence electrons. The number of nitrogens with zero attached hydrogens (tertiary/aromatic N) is 2. The summed E-state index contributed by atoms with van der Waals surface area (Å²) in [7, 11) is 0. The van der Waals surface area contributed by atoms with Crippen molar-refractivity contribution in [1.82, 2.24) is 26.6 Å². The number of aliphatic carboxylic acids is 1. The molecule has 2 rings (SSSR count). The van der Waals surface area contributed by atoms with Gasteiger partial charge in [-0.3, -0.25) is 24.0 Å². The van der Waals surface area contributed by atoms with E-state index in [1.54, 1.807) is 24.3 Å². The number of carboxylic acids is 1. The van der Waals surface area contributed by atoms with Crippen LogP contribution in [0.5, 0.6) is 0 Å².